The highest BCUT2D eigenvalue weighted by molar-refractivity contribution is 6.19. The Morgan fingerprint density at radius 2 is 1.87 bits per heavy atom. The van der Waals surface area contributed by atoms with Crippen molar-refractivity contribution in [2.75, 3.05) is 33.0 Å². The summed E-state index contributed by atoms with van der Waals surface area (Å²) in [4.78, 5) is 0. The first kappa shape index (κ1) is 11.6. The highest BCUT2D eigenvalue weighted by atomic mass is 35.5. The molecule has 0 spiro atoms. The summed E-state index contributed by atoms with van der Waals surface area (Å²) in [5, 5.41) is 0. The fourth-order valence-electron chi connectivity index (χ4n) is 1.18. The first-order valence-corrected chi connectivity index (χ1v) is 5.85. The van der Waals surface area contributed by atoms with E-state index in [0.717, 1.165) is 32.7 Å². The zero-order valence-corrected chi connectivity index (χ0v) is 9.45. The van der Waals surface area contributed by atoms with Crippen molar-refractivity contribution in [3.8, 4) is 0 Å². The van der Waals surface area contributed by atoms with Gasteiger partial charge in [-0.2, -0.15) is 0 Å². The molecule has 5 heteroatoms. The highest BCUT2D eigenvalue weighted by Crippen LogP contribution is 2.14. The average molecular weight is 237 g/mol. The van der Waals surface area contributed by atoms with Gasteiger partial charge in [-0.05, 0) is 12.8 Å². The zero-order chi connectivity index (χ0) is 10.5. The van der Waals surface area contributed by atoms with Crippen LogP contribution in [0.5, 0.6) is 0 Å². The van der Waals surface area contributed by atoms with Gasteiger partial charge in [-0.3, -0.25) is 0 Å². The third-order valence-corrected chi connectivity index (χ3v) is 2.64. The van der Waals surface area contributed by atoms with Gasteiger partial charge in [0.05, 0.1) is 26.4 Å². The number of rotatable bonds is 9. The Bertz CT molecular complexity index is 182. The third kappa shape index (κ3) is 5.68. The molecule has 2 fully saturated rings. The van der Waals surface area contributed by atoms with Crippen molar-refractivity contribution in [3.63, 3.8) is 0 Å². The fourth-order valence-corrected chi connectivity index (χ4v) is 1.41. The van der Waals surface area contributed by atoms with E-state index < -0.39 is 0 Å². The quantitative estimate of drug-likeness (QED) is 0.342. The second-order valence-electron chi connectivity index (χ2n) is 3.87. The molecule has 0 aromatic rings. The monoisotopic (exact) mass is 236 g/mol. The summed E-state index contributed by atoms with van der Waals surface area (Å²) in [7, 11) is 0. The molecule has 88 valence electrons. The lowest BCUT2D eigenvalue weighted by atomic mass is 10.3. The molecule has 0 amide bonds. The Labute approximate surface area is 94.8 Å². The van der Waals surface area contributed by atoms with E-state index in [9.17, 15) is 0 Å². The summed E-state index contributed by atoms with van der Waals surface area (Å²) >= 11 is 5.95. The van der Waals surface area contributed by atoms with E-state index >= 15 is 0 Å². The Hall–Kier alpha value is 0.130. The second-order valence-corrected chi connectivity index (χ2v) is 4.36. The van der Waals surface area contributed by atoms with Crippen molar-refractivity contribution in [3.05, 3.63) is 0 Å². The minimum atomic E-state index is -0.213. The van der Waals surface area contributed by atoms with E-state index in [4.69, 9.17) is 30.5 Å². The van der Waals surface area contributed by atoms with Crippen LogP contribution in [0.4, 0.5) is 0 Å². The van der Waals surface area contributed by atoms with Crippen molar-refractivity contribution < 1.29 is 18.9 Å². The van der Waals surface area contributed by atoms with Crippen LogP contribution >= 0.6 is 11.6 Å². The molecular weight excluding hydrogens is 220 g/mol. The summed E-state index contributed by atoms with van der Waals surface area (Å²) in [5.41, 5.74) is -0.213. The van der Waals surface area contributed by atoms with Crippen LogP contribution in [0.3, 0.4) is 0 Å². The molecule has 0 N–H and O–H groups in total. The topological polar surface area (TPSA) is 43.5 Å². The van der Waals surface area contributed by atoms with Gasteiger partial charge in [-0.15, -0.1) is 0 Å². The molecule has 3 unspecified atom stereocenters. The third-order valence-electron chi connectivity index (χ3n) is 2.29. The molecule has 2 rings (SSSR count). The normalized spacial score (nSPS) is 30.2. The summed E-state index contributed by atoms with van der Waals surface area (Å²) in [5.74, 6) is 0. The molecule has 0 aliphatic carbocycles. The van der Waals surface area contributed by atoms with Gasteiger partial charge in [-0.1, -0.05) is 11.6 Å². The number of hydrogen-bond acceptors (Lipinski definition) is 4. The van der Waals surface area contributed by atoms with Gasteiger partial charge < -0.3 is 18.9 Å². The van der Waals surface area contributed by atoms with E-state index in [1.807, 2.05) is 0 Å². The molecule has 0 saturated carbocycles. The Balaban J connectivity index is 1.35. The lowest BCUT2D eigenvalue weighted by molar-refractivity contribution is 0.0705. The smallest absolute Gasteiger partial charge is 0.131 e. The Morgan fingerprint density at radius 1 is 1.20 bits per heavy atom. The van der Waals surface area contributed by atoms with Crippen molar-refractivity contribution >= 4 is 11.6 Å². The molecule has 2 heterocycles. The number of ether oxygens (including phenoxy) is 4. The first-order chi connectivity index (χ1) is 7.34. The van der Waals surface area contributed by atoms with Crippen molar-refractivity contribution in [1.29, 1.82) is 0 Å². The van der Waals surface area contributed by atoms with Crippen LogP contribution in [-0.4, -0.2) is 50.8 Å². The molecule has 2 saturated heterocycles. The van der Waals surface area contributed by atoms with E-state index in [1.165, 1.54) is 0 Å². The molecule has 15 heavy (non-hydrogen) atoms. The van der Waals surface area contributed by atoms with Gasteiger partial charge in [0.2, 0.25) is 0 Å². The maximum absolute atomic E-state index is 5.95. The van der Waals surface area contributed by atoms with E-state index in [-0.39, 0.29) is 11.7 Å². The average Bonchev–Trinajstić information content (AvgIpc) is 3.08. The van der Waals surface area contributed by atoms with Crippen LogP contribution in [0.15, 0.2) is 0 Å². The van der Waals surface area contributed by atoms with Crippen LogP contribution in [0.1, 0.15) is 12.8 Å². The van der Waals surface area contributed by atoms with Gasteiger partial charge in [0.1, 0.15) is 17.8 Å². The lowest BCUT2D eigenvalue weighted by Gasteiger charge is -2.09. The van der Waals surface area contributed by atoms with Crippen molar-refractivity contribution in [1.82, 2.24) is 0 Å². The fraction of sp³-hybridized carbons (Fsp3) is 1.00. The highest BCUT2D eigenvalue weighted by Gasteiger charge is 2.24. The maximum atomic E-state index is 5.95. The number of epoxide rings is 2. The van der Waals surface area contributed by atoms with Gasteiger partial charge in [0.15, 0.2) is 0 Å². The van der Waals surface area contributed by atoms with Crippen LogP contribution < -0.4 is 0 Å². The predicted molar refractivity (Wildman–Crippen MR) is 55.1 cm³/mol. The van der Waals surface area contributed by atoms with Gasteiger partial charge in [-0.25, -0.2) is 0 Å². The SMILES string of the molecule is ClC(CCCOCC1CO1)OCC1CO1. The second kappa shape index (κ2) is 6.01. The van der Waals surface area contributed by atoms with Gasteiger partial charge in [0, 0.05) is 6.61 Å². The summed E-state index contributed by atoms with van der Waals surface area (Å²) in [6.07, 6.45) is 2.38. The van der Waals surface area contributed by atoms with Gasteiger partial charge >= 0.3 is 0 Å². The van der Waals surface area contributed by atoms with E-state index in [0.29, 0.717) is 19.3 Å². The molecule has 3 atom stereocenters. The molecule has 2 aliphatic heterocycles. The molecule has 4 nitrogen and oxygen atoms in total. The number of hydrogen-bond donors (Lipinski definition) is 0. The minimum Gasteiger partial charge on any atom is -0.379 e. The Morgan fingerprint density at radius 3 is 2.53 bits per heavy atom. The van der Waals surface area contributed by atoms with Crippen LogP contribution in [-0.2, 0) is 18.9 Å². The van der Waals surface area contributed by atoms with Gasteiger partial charge in [0.25, 0.3) is 0 Å². The largest absolute Gasteiger partial charge is 0.379 e. The van der Waals surface area contributed by atoms with Crippen LogP contribution in [0, 0.1) is 0 Å². The Kier molecular flexibility index (Phi) is 4.65. The first-order valence-electron chi connectivity index (χ1n) is 5.41. The maximum Gasteiger partial charge on any atom is 0.131 e. The molecule has 0 aromatic carbocycles. The van der Waals surface area contributed by atoms with E-state index in [2.05, 4.69) is 0 Å². The minimum absolute atomic E-state index is 0.213. The van der Waals surface area contributed by atoms with Crippen molar-refractivity contribution in [2.45, 2.75) is 30.6 Å². The lowest BCUT2D eigenvalue weighted by Crippen LogP contribution is -2.11. The predicted octanol–water partition coefficient (Wildman–Crippen LogP) is 1.16. The zero-order valence-electron chi connectivity index (χ0n) is 8.69. The summed E-state index contributed by atoms with van der Waals surface area (Å²) in [6.45, 7) is 3.72. The number of halogens is 1. The van der Waals surface area contributed by atoms with Crippen LogP contribution in [0.2, 0.25) is 0 Å². The van der Waals surface area contributed by atoms with E-state index in [1.54, 1.807) is 0 Å². The standard InChI is InChI=1S/C10H17ClO4/c11-10(15-7-9-6-14-9)2-1-3-12-4-8-5-13-8/h8-10H,1-7H2. The molecular formula is C10H17ClO4. The summed E-state index contributed by atoms with van der Waals surface area (Å²) in [6, 6.07) is 0. The molecule has 0 radical (unpaired) electrons. The molecule has 0 bridgehead atoms. The molecule has 2 aliphatic rings. The number of alkyl halides is 1. The van der Waals surface area contributed by atoms with Crippen molar-refractivity contribution in [2.24, 2.45) is 0 Å². The molecule has 0 aromatic heterocycles. The summed E-state index contributed by atoms with van der Waals surface area (Å²) < 4.78 is 20.8. The van der Waals surface area contributed by atoms with Crippen LogP contribution in [0.25, 0.3) is 0 Å².